The number of nitrogens with two attached hydrogens (primary N) is 1. The predicted molar refractivity (Wildman–Crippen MR) is 71.4 cm³/mol. The zero-order valence-corrected chi connectivity index (χ0v) is 10.5. The van der Waals surface area contributed by atoms with Gasteiger partial charge >= 0.3 is 0 Å². The van der Waals surface area contributed by atoms with Gasteiger partial charge in [-0.15, -0.1) is 0 Å². The van der Waals surface area contributed by atoms with E-state index in [2.05, 4.69) is 9.38 Å². The molecule has 0 saturated heterocycles. The van der Waals surface area contributed by atoms with Crippen LogP contribution in [0.2, 0.25) is 5.02 Å². The Labute approximate surface area is 107 Å². The lowest BCUT2D eigenvalue weighted by atomic mass is 10.1. The Bertz CT molecular complexity index is 654. The largest absolute Gasteiger partial charge is 0.326 e. The molecule has 0 amide bonds. The predicted octanol–water partition coefficient (Wildman–Crippen LogP) is 3.17. The van der Waals surface area contributed by atoms with Crippen molar-refractivity contribution >= 4 is 27.9 Å². The number of thiazole rings is 1. The fourth-order valence-electron chi connectivity index (χ4n) is 1.87. The van der Waals surface area contributed by atoms with E-state index in [9.17, 15) is 0 Å². The van der Waals surface area contributed by atoms with Crippen LogP contribution in [0.3, 0.4) is 0 Å². The highest BCUT2D eigenvalue weighted by Gasteiger charge is 2.13. The van der Waals surface area contributed by atoms with E-state index in [-0.39, 0.29) is 0 Å². The van der Waals surface area contributed by atoms with Crippen molar-refractivity contribution in [3.05, 3.63) is 46.6 Å². The molecule has 2 heterocycles. The van der Waals surface area contributed by atoms with E-state index in [0.717, 1.165) is 26.1 Å². The molecule has 0 fully saturated rings. The van der Waals surface area contributed by atoms with Crippen LogP contribution in [0.1, 0.15) is 4.88 Å². The maximum Gasteiger partial charge on any atom is 0.194 e. The van der Waals surface area contributed by atoms with Gasteiger partial charge in [-0.2, -0.15) is 0 Å². The smallest absolute Gasteiger partial charge is 0.194 e. The van der Waals surface area contributed by atoms with E-state index in [1.165, 1.54) is 0 Å². The quantitative estimate of drug-likeness (QED) is 0.772. The van der Waals surface area contributed by atoms with Gasteiger partial charge in [0.1, 0.15) is 0 Å². The maximum absolute atomic E-state index is 5.90. The Morgan fingerprint density at radius 1 is 1.29 bits per heavy atom. The van der Waals surface area contributed by atoms with Gasteiger partial charge in [0.2, 0.25) is 0 Å². The van der Waals surface area contributed by atoms with Crippen molar-refractivity contribution in [2.75, 3.05) is 0 Å². The van der Waals surface area contributed by atoms with Crippen LogP contribution >= 0.6 is 22.9 Å². The van der Waals surface area contributed by atoms with Gasteiger partial charge < -0.3 is 5.73 Å². The van der Waals surface area contributed by atoms with Gasteiger partial charge in [-0.25, -0.2) is 4.98 Å². The van der Waals surface area contributed by atoms with Gasteiger partial charge in [0.25, 0.3) is 0 Å². The first-order chi connectivity index (χ1) is 8.29. The van der Waals surface area contributed by atoms with E-state index in [1.807, 2.05) is 30.5 Å². The lowest BCUT2D eigenvalue weighted by Crippen LogP contribution is -1.97. The van der Waals surface area contributed by atoms with Gasteiger partial charge in [-0.3, -0.25) is 4.40 Å². The molecule has 86 valence electrons. The third-order valence-corrected chi connectivity index (χ3v) is 3.97. The molecule has 0 bridgehead atoms. The van der Waals surface area contributed by atoms with Crippen molar-refractivity contribution in [1.29, 1.82) is 0 Å². The van der Waals surface area contributed by atoms with Crippen molar-refractivity contribution in [2.24, 2.45) is 5.73 Å². The number of rotatable bonds is 2. The topological polar surface area (TPSA) is 43.3 Å². The molecule has 5 heteroatoms. The molecule has 3 aromatic rings. The average Bonchev–Trinajstić information content (AvgIpc) is 2.89. The van der Waals surface area contributed by atoms with E-state index < -0.39 is 0 Å². The Morgan fingerprint density at radius 2 is 2.06 bits per heavy atom. The Hall–Kier alpha value is -1.36. The van der Waals surface area contributed by atoms with Crippen molar-refractivity contribution in [1.82, 2.24) is 9.38 Å². The summed E-state index contributed by atoms with van der Waals surface area (Å²) in [4.78, 5) is 6.39. The Kier molecular flexibility index (Phi) is 2.63. The number of benzene rings is 1. The molecule has 0 saturated carbocycles. The summed E-state index contributed by atoms with van der Waals surface area (Å²) in [5.74, 6) is 0. The van der Waals surface area contributed by atoms with E-state index in [4.69, 9.17) is 17.3 Å². The second kappa shape index (κ2) is 4.14. The Balaban J connectivity index is 2.26. The number of hydrogen-bond acceptors (Lipinski definition) is 3. The molecule has 1 aromatic carbocycles. The molecule has 0 spiro atoms. The summed E-state index contributed by atoms with van der Waals surface area (Å²) in [5.41, 5.74) is 8.01. The fourth-order valence-corrected chi connectivity index (χ4v) is 2.98. The highest BCUT2D eigenvalue weighted by Crippen LogP contribution is 2.31. The van der Waals surface area contributed by atoms with Crippen LogP contribution in [-0.2, 0) is 6.54 Å². The van der Waals surface area contributed by atoms with E-state index >= 15 is 0 Å². The second-order valence-corrected chi connectivity index (χ2v) is 5.16. The molecule has 0 radical (unpaired) electrons. The molecule has 0 unspecified atom stereocenters. The average molecular weight is 264 g/mol. The lowest BCUT2D eigenvalue weighted by molar-refractivity contribution is 1.08. The number of nitrogens with zero attached hydrogens (tertiary/aromatic N) is 2. The summed E-state index contributed by atoms with van der Waals surface area (Å²) in [6, 6.07) is 7.78. The van der Waals surface area contributed by atoms with E-state index in [0.29, 0.717) is 6.54 Å². The Morgan fingerprint density at radius 3 is 2.76 bits per heavy atom. The van der Waals surface area contributed by atoms with Crippen molar-refractivity contribution in [2.45, 2.75) is 6.54 Å². The molecule has 17 heavy (non-hydrogen) atoms. The first kappa shape index (κ1) is 10.8. The molecule has 2 aromatic heterocycles. The van der Waals surface area contributed by atoms with Crippen LogP contribution in [0.25, 0.3) is 16.2 Å². The summed E-state index contributed by atoms with van der Waals surface area (Å²) in [6.45, 7) is 0.520. The molecule has 0 aliphatic carbocycles. The van der Waals surface area contributed by atoms with Gasteiger partial charge in [0, 0.05) is 28.8 Å². The molecular weight excluding hydrogens is 254 g/mol. The number of imidazole rings is 1. The van der Waals surface area contributed by atoms with Gasteiger partial charge in [0.15, 0.2) is 4.96 Å². The highest BCUT2D eigenvalue weighted by molar-refractivity contribution is 7.17. The summed E-state index contributed by atoms with van der Waals surface area (Å²) in [5, 5.41) is 0.736. The summed E-state index contributed by atoms with van der Waals surface area (Å²) in [7, 11) is 0. The van der Waals surface area contributed by atoms with Gasteiger partial charge in [0.05, 0.1) is 5.69 Å². The van der Waals surface area contributed by atoms with Crippen LogP contribution in [0.4, 0.5) is 0 Å². The molecular formula is C12H10ClN3S. The van der Waals surface area contributed by atoms with Gasteiger partial charge in [-0.1, -0.05) is 35.1 Å². The standard InChI is InChI=1S/C12H10ClN3S/c13-9-3-1-8(2-4-9)11-10(7-14)17-12-15-5-6-16(11)12/h1-6H,7,14H2. The zero-order valence-electron chi connectivity index (χ0n) is 8.93. The molecule has 3 nitrogen and oxygen atoms in total. The molecule has 2 N–H and O–H groups in total. The minimum absolute atomic E-state index is 0.520. The van der Waals surface area contributed by atoms with Crippen LogP contribution in [0, 0.1) is 0 Å². The lowest BCUT2D eigenvalue weighted by Gasteiger charge is -2.03. The SMILES string of the molecule is NCc1sc2nccn2c1-c1ccc(Cl)cc1. The second-order valence-electron chi connectivity index (χ2n) is 3.66. The highest BCUT2D eigenvalue weighted by atomic mass is 35.5. The minimum Gasteiger partial charge on any atom is -0.326 e. The number of aromatic nitrogens is 2. The van der Waals surface area contributed by atoms with Crippen LogP contribution in [0.15, 0.2) is 36.7 Å². The molecule has 3 rings (SSSR count). The molecule has 0 aliphatic rings. The first-order valence-electron chi connectivity index (χ1n) is 5.20. The maximum atomic E-state index is 5.90. The van der Waals surface area contributed by atoms with Crippen molar-refractivity contribution < 1.29 is 0 Å². The summed E-state index contributed by atoms with van der Waals surface area (Å²) >= 11 is 7.53. The van der Waals surface area contributed by atoms with Crippen LogP contribution in [0.5, 0.6) is 0 Å². The number of hydrogen-bond donors (Lipinski definition) is 1. The summed E-state index contributed by atoms with van der Waals surface area (Å²) in [6.07, 6.45) is 3.75. The number of fused-ring (bicyclic) bond motifs is 1. The first-order valence-corrected chi connectivity index (χ1v) is 6.40. The van der Waals surface area contributed by atoms with Crippen molar-refractivity contribution in [3.63, 3.8) is 0 Å². The minimum atomic E-state index is 0.520. The molecule has 0 aliphatic heterocycles. The number of halogens is 1. The monoisotopic (exact) mass is 263 g/mol. The third kappa shape index (κ3) is 1.74. The van der Waals surface area contributed by atoms with Crippen LogP contribution in [-0.4, -0.2) is 9.38 Å². The third-order valence-electron chi connectivity index (χ3n) is 2.63. The summed E-state index contributed by atoms with van der Waals surface area (Å²) < 4.78 is 2.07. The fraction of sp³-hybridized carbons (Fsp3) is 0.0833. The zero-order chi connectivity index (χ0) is 11.8. The van der Waals surface area contributed by atoms with E-state index in [1.54, 1.807) is 17.5 Å². The normalized spacial score (nSPS) is 11.2. The van der Waals surface area contributed by atoms with Gasteiger partial charge in [-0.05, 0) is 17.7 Å². The molecule has 0 atom stereocenters. The van der Waals surface area contributed by atoms with Crippen molar-refractivity contribution in [3.8, 4) is 11.3 Å². The van der Waals surface area contributed by atoms with Crippen LogP contribution < -0.4 is 5.73 Å².